The van der Waals surface area contributed by atoms with Gasteiger partial charge in [-0.05, 0) is 6.42 Å². The molecule has 0 rings (SSSR count). The van der Waals surface area contributed by atoms with Crippen LogP contribution in [0.5, 0.6) is 0 Å². The van der Waals surface area contributed by atoms with E-state index in [1.54, 1.807) is 0 Å². The molecule has 0 aromatic carbocycles. The summed E-state index contributed by atoms with van der Waals surface area (Å²) in [6.45, 7) is 2.47. The van der Waals surface area contributed by atoms with Crippen LogP contribution >= 0.6 is 27.7 Å². The summed E-state index contributed by atoms with van der Waals surface area (Å²) >= 11 is 8.13. The number of hydrogen-bond donors (Lipinski definition) is 0. The van der Waals surface area contributed by atoms with E-state index in [4.69, 9.17) is 11.6 Å². The summed E-state index contributed by atoms with van der Waals surface area (Å²) in [4.78, 5) is 0. The molecule has 0 bridgehead atoms. The molecule has 0 saturated carbocycles. The molecule has 0 aliphatic heterocycles. The molecule has 0 unspecified atom stereocenters. The predicted octanol–water partition coefficient (Wildman–Crippen LogP) is 1.92. The van der Waals surface area contributed by atoms with Crippen molar-refractivity contribution in [2.24, 2.45) is 0 Å². The zero-order chi connectivity index (χ0) is 8.91. The number of sulfonamides is 1. The number of rotatable bonds is 5. The minimum atomic E-state index is -3.26. The fourth-order valence-electron chi connectivity index (χ4n) is 0.474. The molecule has 0 fully saturated rings. The van der Waals surface area contributed by atoms with Crippen LogP contribution in [0.15, 0.2) is 0 Å². The average Bonchev–Trinajstić information content (AvgIpc) is 2.00. The fraction of sp³-hybridized carbons (Fsp3) is 1.00. The van der Waals surface area contributed by atoms with Gasteiger partial charge in [-0.25, -0.2) is 8.42 Å². The SMILES string of the molecule is CCCCN(Br)S(=O)(=O)CCl. The van der Waals surface area contributed by atoms with Crippen molar-refractivity contribution in [3.8, 4) is 0 Å². The van der Waals surface area contributed by atoms with Crippen LogP contribution in [-0.2, 0) is 10.0 Å². The molecule has 3 nitrogen and oxygen atoms in total. The molecule has 0 N–H and O–H groups in total. The predicted molar refractivity (Wildman–Crippen MR) is 50.2 cm³/mol. The monoisotopic (exact) mass is 263 g/mol. The summed E-state index contributed by atoms with van der Waals surface area (Å²) in [6, 6.07) is 0. The van der Waals surface area contributed by atoms with Crippen molar-refractivity contribution in [2.45, 2.75) is 19.8 Å². The summed E-state index contributed by atoms with van der Waals surface area (Å²) in [7, 11) is -3.26. The first kappa shape index (κ1) is 11.7. The molecule has 11 heavy (non-hydrogen) atoms. The second kappa shape index (κ2) is 5.35. The summed E-state index contributed by atoms with van der Waals surface area (Å²) in [5.74, 6) is 0. The first-order valence-electron chi connectivity index (χ1n) is 3.26. The van der Waals surface area contributed by atoms with Gasteiger partial charge in [0.1, 0.15) is 5.21 Å². The molecule has 0 aromatic rings. The van der Waals surface area contributed by atoms with Gasteiger partial charge in [-0.15, -0.1) is 14.9 Å². The zero-order valence-electron chi connectivity index (χ0n) is 6.26. The summed E-state index contributed by atoms with van der Waals surface area (Å²) < 4.78 is 23.0. The molecule has 0 amide bonds. The third-order valence-corrected chi connectivity index (χ3v) is 4.69. The van der Waals surface area contributed by atoms with Gasteiger partial charge in [0.05, 0.1) is 0 Å². The highest BCUT2D eigenvalue weighted by Gasteiger charge is 2.16. The highest BCUT2D eigenvalue weighted by Crippen LogP contribution is 2.10. The number of unbranched alkanes of at least 4 members (excludes halogenated alkanes) is 1. The lowest BCUT2D eigenvalue weighted by Crippen LogP contribution is -2.23. The van der Waals surface area contributed by atoms with Crippen molar-refractivity contribution in [2.75, 3.05) is 11.8 Å². The molecule has 0 spiro atoms. The Morgan fingerprint density at radius 3 is 2.45 bits per heavy atom. The molecule has 0 aromatic heterocycles. The van der Waals surface area contributed by atoms with E-state index in [1.807, 2.05) is 6.92 Å². The van der Waals surface area contributed by atoms with Gasteiger partial charge in [0, 0.05) is 22.7 Å². The number of hydrogen-bond acceptors (Lipinski definition) is 2. The topological polar surface area (TPSA) is 37.4 Å². The van der Waals surface area contributed by atoms with Crippen molar-refractivity contribution >= 4 is 37.8 Å². The van der Waals surface area contributed by atoms with Gasteiger partial charge in [-0.2, -0.15) is 0 Å². The maximum absolute atomic E-state index is 11.0. The van der Waals surface area contributed by atoms with Crippen LogP contribution in [0, 0.1) is 0 Å². The maximum Gasteiger partial charge on any atom is 0.237 e. The molecular weight excluding hydrogens is 253 g/mol. The Balaban J connectivity index is 3.93. The van der Waals surface area contributed by atoms with Gasteiger partial charge in [0.15, 0.2) is 0 Å². The van der Waals surface area contributed by atoms with Crippen LogP contribution in [0.2, 0.25) is 0 Å². The smallest absolute Gasteiger partial charge is 0.210 e. The average molecular weight is 265 g/mol. The Hall–Kier alpha value is 0.680. The number of alkyl halides is 1. The Bertz CT molecular complexity index is 195. The fourth-order valence-corrected chi connectivity index (χ4v) is 2.25. The van der Waals surface area contributed by atoms with Crippen LogP contribution in [0.4, 0.5) is 0 Å². The molecule has 0 heterocycles. The Kier molecular flexibility index (Phi) is 5.68. The molecule has 68 valence electrons. The number of halogens is 2. The van der Waals surface area contributed by atoms with Crippen LogP contribution < -0.4 is 0 Å². The third-order valence-electron chi connectivity index (χ3n) is 1.13. The first-order chi connectivity index (χ1) is 5.04. The van der Waals surface area contributed by atoms with Crippen LogP contribution in [0.25, 0.3) is 0 Å². The van der Waals surface area contributed by atoms with Crippen molar-refractivity contribution in [1.82, 2.24) is 3.33 Å². The van der Waals surface area contributed by atoms with Crippen molar-refractivity contribution in [3.63, 3.8) is 0 Å². The van der Waals surface area contributed by atoms with Crippen molar-refractivity contribution < 1.29 is 8.42 Å². The molecule has 6 heteroatoms. The van der Waals surface area contributed by atoms with E-state index in [0.717, 1.165) is 16.2 Å². The molecule has 0 aliphatic rings. The lowest BCUT2D eigenvalue weighted by Gasteiger charge is -2.11. The summed E-state index contributed by atoms with van der Waals surface area (Å²) in [5, 5.41) is -0.373. The lowest BCUT2D eigenvalue weighted by molar-refractivity contribution is 0.543. The van der Waals surface area contributed by atoms with Gasteiger partial charge in [-0.3, -0.25) is 0 Å². The summed E-state index contributed by atoms with van der Waals surface area (Å²) in [6.07, 6.45) is 1.79. The van der Waals surface area contributed by atoms with Gasteiger partial charge in [0.2, 0.25) is 10.0 Å². The highest BCUT2D eigenvalue weighted by atomic mass is 79.9. The van der Waals surface area contributed by atoms with E-state index >= 15 is 0 Å². The van der Waals surface area contributed by atoms with E-state index in [-0.39, 0.29) is 5.21 Å². The van der Waals surface area contributed by atoms with Crippen LogP contribution in [-0.4, -0.2) is 23.5 Å². The van der Waals surface area contributed by atoms with E-state index in [2.05, 4.69) is 16.1 Å². The largest absolute Gasteiger partial charge is 0.237 e. The molecule has 0 saturated heterocycles. The second-order valence-electron chi connectivity index (χ2n) is 2.09. The lowest BCUT2D eigenvalue weighted by atomic mass is 10.3. The minimum Gasteiger partial charge on any atom is -0.210 e. The molecule has 0 aliphatic carbocycles. The van der Waals surface area contributed by atoms with Crippen LogP contribution in [0.1, 0.15) is 19.8 Å². The van der Waals surface area contributed by atoms with E-state index in [9.17, 15) is 8.42 Å². The molecular formula is C5H11BrClNO2S. The van der Waals surface area contributed by atoms with E-state index < -0.39 is 10.0 Å². The highest BCUT2D eigenvalue weighted by molar-refractivity contribution is 9.08. The van der Waals surface area contributed by atoms with E-state index in [1.165, 1.54) is 0 Å². The van der Waals surface area contributed by atoms with Crippen molar-refractivity contribution in [1.29, 1.82) is 0 Å². The minimum absolute atomic E-state index is 0.373. The standard InChI is InChI=1S/C5H11BrClNO2S/c1-2-3-4-8(6)11(9,10)5-7/h2-5H2,1H3. The Morgan fingerprint density at radius 2 is 2.09 bits per heavy atom. The summed E-state index contributed by atoms with van der Waals surface area (Å²) in [5.41, 5.74) is 0. The second-order valence-corrected chi connectivity index (χ2v) is 5.89. The first-order valence-corrected chi connectivity index (χ1v) is 6.12. The van der Waals surface area contributed by atoms with Gasteiger partial charge < -0.3 is 0 Å². The molecule has 0 atom stereocenters. The van der Waals surface area contributed by atoms with Gasteiger partial charge in [-0.1, -0.05) is 13.3 Å². The molecule has 0 radical (unpaired) electrons. The van der Waals surface area contributed by atoms with Gasteiger partial charge in [0.25, 0.3) is 0 Å². The third kappa shape index (κ3) is 4.30. The zero-order valence-corrected chi connectivity index (χ0v) is 9.41. The maximum atomic E-state index is 11.0. The van der Waals surface area contributed by atoms with Crippen LogP contribution in [0.3, 0.4) is 0 Å². The normalized spacial score (nSPS) is 12.4. The quantitative estimate of drug-likeness (QED) is 0.562. The Morgan fingerprint density at radius 1 is 1.55 bits per heavy atom. The van der Waals surface area contributed by atoms with Gasteiger partial charge >= 0.3 is 0 Å². The van der Waals surface area contributed by atoms with Crippen molar-refractivity contribution in [3.05, 3.63) is 0 Å². The number of nitrogens with zero attached hydrogens (tertiary/aromatic N) is 1. The Labute approximate surface area is 81.1 Å². The van der Waals surface area contributed by atoms with E-state index in [0.29, 0.717) is 6.54 Å².